The van der Waals surface area contributed by atoms with Crippen molar-refractivity contribution >= 4 is 11.4 Å². The Morgan fingerprint density at radius 3 is 2.54 bits per heavy atom. The summed E-state index contributed by atoms with van der Waals surface area (Å²) >= 11 is 0. The minimum absolute atomic E-state index is 0. The summed E-state index contributed by atoms with van der Waals surface area (Å²) in [5.41, 5.74) is 5.89. The van der Waals surface area contributed by atoms with Gasteiger partial charge in [0, 0.05) is 23.6 Å². The zero-order chi connectivity index (χ0) is 27.8. The van der Waals surface area contributed by atoms with Gasteiger partial charge < -0.3 is 4.74 Å². The van der Waals surface area contributed by atoms with Crippen molar-refractivity contribution < 1.29 is 9.53 Å². The molecule has 4 heteroatoms. The van der Waals surface area contributed by atoms with Gasteiger partial charge in [-0.2, -0.15) is 0 Å². The van der Waals surface area contributed by atoms with Crippen molar-refractivity contribution in [2.24, 2.45) is 57.7 Å². The van der Waals surface area contributed by atoms with E-state index in [4.69, 9.17) is 9.72 Å². The van der Waals surface area contributed by atoms with Gasteiger partial charge in [-0.1, -0.05) is 53.3 Å². The number of rotatable bonds is 5. The molecule has 0 saturated heterocycles. The van der Waals surface area contributed by atoms with Gasteiger partial charge >= 0.3 is 0 Å². The molecule has 220 valence electrons. The van der Waals surface area contributed by atoms with E-state index >= 15 is 0 Å². The lowest BCUT2D eigenvalue weighted by Crippen LogP contribution is -2.57. The van der Waals surface area contributed by atoms with Crippen molar-refractivity contribution in [2.75, 3.05) is 0 Å². The number of fused-ring (bicyclic) bond motifs is 6. The fourth-order valence-corrected chi connectivity index (χ4v) is 12.2. The summed E-state index contributed by atoms with van der Waals surface area (Å²) in [7, 11) is 0. The largest absolute Gasteiger partial charge is 0.490 e. The van der Waals surface area contributed by atoms with Crippen LogP contribution in [0.4, 0.5) is 0 Å². The van der Waals surface area contributed by atoms with Gasteiger partial charge in [-0.25, -0.2) is 0 Å². The molecule has 0 aromatic carbocycles. The summed E-state index contributed by atoms with van der Waals surface area (Å²) in [5, 5.41) is 0. The maximum atomic E-state index is 14.6. The molecule has 8 rings (SSSR count). The molecule has 0 amide bonds. The molecule has 1 spiro atoms. The fraction of sp³-hybridized carbons (Fsp3) is 0.703. The van der Waals surface area contributed by atoms with E-state index in [1.54, 1.807) is 0 Å². The first kappa shape index (κ1) is 27.6. The summed E-state index contributed by atoms with van der Waals surface area (Å²) < 4.78 is 6.43. The molecule has 41 heavy (non-hydrogen) atoms. The molecule has 1 aromatic heterocycles. The van der Waals surface area contributed by atoms with Crippen LogP contribution in [0.5, 0.6) is 0 Å². The average molecular weight is 555 g/mol. The highest BCUT2D eigenvalue weighted by molar-refractivity contribution is 6.25. The molecule has 0 N–H and O–H groups in total. The van der Waals surface area contributed by atoms with E-state index in [0.717, 1.165) is 66.2 Å². The van der Waals surface area contributed by atoms with Crippen LogP contribution < -0.4 is 0 Å². The highest BCUT2D eigenvalue weighted by Crippen LogP contribution is 2.97. The first-order valence-electron chi connectivity index (χ1n) is 16.3. The molecule has 7 aliphatic rings. The predicted molar refractivity (Wildman–Crippen MR) is 164 cm³/mol. The van der Waals surface area contributed by atoms with Crippen LogP contribution in [-0.2, 0) is 16.0 Å². The topological polar surface area (TPSA) is 52.1 Å². The zero-order valence-electron chi connectivity index (χ0n) is 25.1. The van der Waals surface area contributed by atoms with Crippen molar-refractivity contribution in [2.45, 2.75) is 106 Å². The molecule has 5 fully saturated rings. The summed E-state index contributed by atoms with van der Waals surface area (Å²) in [6.45, 7) is 15.9. The maximum absolute atomic E-state index is 14.6. The predicted octanol–water partition coefficient (Wildman–Crippen LogP) is 8.39. The third kappa shape index (κ3) is 3.26. The molecule has 1 aromatic rings. The van der Waals surface area contributed by atoms with Gasteiger partial charge in [0.2, 0.25) is 0 Å². The Labute approximate surface area is 247 Å². The van der Waals surface area contributed by atoms with Crippen molar-refractivity contribution in [3.63, 3.8) is 0 Å². The van der Waals surface area contributed by atoms with Gasteiger partial charge in [-0.3, -0.25) is 14.8 Å². The van der Waals surface area contributed by atoms with E-state index in [-0.39, 0.29) is 24.4 Å². The van der Waals surface area contributed by atoms with Crippen LogP contribution in [0.25, 0.3) is 5.57 Å². The van der Waals surface area contributed by atoms with E-state index in [1.165, 1.54) is 43.3 Å². The van der Waals surface area contributed by atoms with E-state index in [9.17, 15) is 4.79 Å². The summed E-state index contributed by atoms with van der Waals surface area (Å²) in [4.78, 5) is 23.9. The third-order valence-corrected chi connectivity index (χ3v) is 14.1. The van der Waals surface area contributed by atoms with E-state index < -0.39 is 0 Å². The second-order valence-corrected chi connectivity index (χ2v) is 15.1. The lowest BCUT2D eigenvalue weighted by atomic mass is 9.44. The van der Waals surface area contributed by atoms with Crippen LogP contribution in [0.1, 0.15) is 105 Å². The minimum Gasteiger partial charge on any atom is -0.490 e. The Bertz CT molecular complexity index is 1370. The van der Waals surface area contributed by atoms with E-state index in [0.29, 0.717) is 34.9 Å². The van der Waals surface area contributed by atoms with Crippen molar-refractivity contribution in [3.05, 3.63) is 53.3 Å². The normalized spacial score (nSPS) is 46.8. The van der Waals surface area contributed by atoms with Crippen LogP contribution >= 0.6 is 0 Å². The summed E-state index contributed by atoms with van der Waals surface area (Å²) in [6, 6.07) is 0. The fourth-order valence-electron chi connectivity index (χ4n) is 12.2. The van der Waals surface area contributed by atoms with Gasteiger partial charge in [-0.05, 0) is 116 Å². The lowest BCUT2D eigenvalue weighted by molar-refractivity contribution is -0.147. The molecule has 5 saturated carbocycles. The quantitative estimate of drug-likeness (QED) is 0.367. The Hall–Kier alpha value is -2.23. The molecule has 11 atom stereocenters. The molecular formula is C37H50N2O2. The maximum Gasteiger partial charge on any atom is 0.171 e. The van der Waals surface area contributed by atoms with Crippen LogP contribution in [0.3, 0.4) is 0 Å². The zero-order valence-corrected chi connectivity index (χ0v) is 25.1. The van der Waals surface area contributed by atoms with Crippen LogP contribution in [0.15, 0.2) is 42.0 Å². The number of hydrogen-bond donors (Lipinski definition) is 0. The van der Waals surface area contributed by atoms with Crippen LogP contribution in [0, 0.1) is 57.7 Å². The number of Topliss-reactive ketones (excluding diaryl/α,β-unsaturated/α-hetero) is 1. The van der Waals surface area contributed by atoms with Crippen LogP contribution in [-0.4, -0.2) is 21.9 Å². The number of aryl methyl sites for hydroxylation is 1. The Kier molecular flexibility index (Phi) is 5.99. The summed E-state index contributed by atoms with van der Waals surface area (Å²) in [5.74, 6) is 6.05. The number of ketones is 1. The highest BCUT2D eigenvalue weighted by Gasteiger charge is 2.95. The van der Waals surface area contributed by atoms with E-state index in [1.807, 2.05) is 12.4 Å². The average Bonchev–Trinajstić information content (AvgIpc) is 3.78. The second-order valence-electron chi connectivity index (χ2n) is 15.1. The molecule has 0 radical (unpaired) electrons. The smallest absolute Gasteiger partial charge is 0.171 e. The summed E-state index contributed by atoms with van der Waals surface area (Å²) in [6.07, 6.45) is 16.9. The third-order valence-electron chi connectivity index (χ3n) is 14.1. The Morgan fingerprint density at radius 1 is 1.05 bits per heavy atom. The molecular weight excluding hydrogens is 504 g/mol. The molecule has 1 aliphatic heterocycles. The van der Waals surface area contributed by atoms with Crippen molar-refractivity contribution in [3.8, 4) is 0 Å². The Morgan fingerprint density at radius 2 is 1.85 bits per heavy atom. The molecule has 2 heterocycles. The molecule has 11 unspecified atom stereocenters. The second kappa shape index (κ2) is 8.89. The van der Waals surface area contributed by atoms with Crippen molar-refractivity contribution in [1.29, 1.82) is 0 Å². The number of aromatic nitrogens is 2. The standard InChI is InChI=1S/C36H46N2O2.CH4/c1-7-22-17-38-31(18-37-22)26-16-30-32-29-15-25-27-10-9-21(14-23-13-19(3)24(8-2)20(4)40-23)34(27,5)12-11-28(25)35(6,33(26)39)36(29,30)32;/h16-18,21,23,25,27-30,32H,4,7-15H2,1-3,5-6H3;1H4. The molecule has 0 bridgehead atoms. The minimum atomic E-state index is -0.229. The lowest BCUT2D eigenvalue weighted by Gasteiger charge is -2.59. The number of ether oxygens (including phenoxy) is 1. The van der Waals surface area contributed by atoms with E-state index in [2.05, 4.69) is 52.3 Å². The first-order chi connectivity index (χ1) is 19.2. The number of allylic oxidation sites excluding steroid dienone is 3. The van der Waals surface area contributed by atoms with Gasteiger partial charge in [-0.15, -0.1) is 0 Å². The van der Waals surface area contributed by atoms with Crippen LogP contribution in [0.2, 0.25) is 0 Å². The number of hydrogen-bond acceptors (Lipinski definition) is 4. The SMILES string of the molecule is C.C=C1OC(CC2CCC3C4CC5C6C7C=C(c8cnc(CC)cn8)C(=O)C(C)(C4CCC23C)C756)CC(C)=C1CC. The number of carbonyl (C=O) groups is 1. The number of carbonyl (C=O) groups excluding carboxylic acids is 1. The molecule has 6 aliphatic carbocycles. The van der Waals surface area contributed by atoms with Gasteiger partial charge in [0.1, 0.15) is 11.9 Å². The monoisotopic (exact) mass is 554 g/mol. The molecule has 4 nitrogen and oxygen atoms in total. The van der Waals surface area contributed by atoms with Gasteiger partial charge in [0.15, 0.2) is 5.78 Å². The number of nitrogens with zero attached hydrogens (tertiary/aromatic N) is 2. The van der Waals surface area contributed by atoms with Gasteiger partial charge in [0.05, 0.1) is 17.6 Å². The highest BCUT2D eigenvalue weighted by atomic mass is 16.5. The van der Waals surface area contributed by atoms with Gasteiger partial charge in [0.25, 0.3) is 0 Å². The van der Waals surface area contributed by atoms with Crippen molar-refractivity contribution in [1.82, 2.24) is 9.97 Å². The first-order valence-corrected chi connectivity index (χ1v) is 16.3. The Balaban J connectivity index is 0.00000276.